The normalized spacial score (nSPS) is 12.6. The van der Waals surface area contributed by atoms with Crippen LogP contribution in [0.2, 0.25) is 0 Å². The standard InChI is InChI=1S/C17H21FN2O/c18-16-9-5-4-8-15(16)17(12-19)20(10-11-21)13-14-6-2-1-3-7-14/h1-9,17,21H,10-13,19H2. The fourth-order valence-electron chi connectivity index (χ4n) is 2.51. The summed E-state index contributed by atoms with van der Waals surface area (Å²) in [7, 11) is 0. The highest BCUT2D eigenvalue weighted by molar-refractivity contribution is 5.22. The van der Waals surface area contributed by atoms with E-state index >= 15 is 0 Å². The lowest BCUT2D eigenvalue weighted by molar-refractivity contribution is 0.144. The summed E-state index contributed by atoms with van der Waals surface area (Å²) >= 11 is 0. The molecular weight excluding hydrogens is 267 g/mol. The van der Waals surface area contributed by atoms with Gasteiger partial charge in [-0.15, -0.1) is 0 Å². The Labute approximate surface area is 124 Å². The summed E-state index contributed by atoms with van der Waals surface area (Å²) in [5.41, 5.74) is 7.55. The predicted octanol–water partition coefficient (Wildman–Crippen LogP) is 2.32. The quantitative estimate of drug-likeness (QED) is 0.822. The Morgan fingerprint density at radius 1 is 1.05 bits per heavy atom. The third-order valence-corrected chi connectivity index (χ3v) is 3.54. The van der Waals surface area contributed by atoms with E-state index in [4.69, 9.17) is 5.73 Å². The minimum absolute atomic E-state index is 0.0117. The lowest BCUT2D eigenvalue weighted by atomic mass is 10.0. The SMILES string of the molecule is NCC(c1ccccc1F)N(CCO)Cc1ccccc1. The van der Waals surface area contributed by atoms with Gasteiger partial charge in [0.25, 0.3) is 0 Å². The summed E-state index contributed by atoms with van der Waals surface area (Å²) in [6.45, 7) is 1.38. The number of aliphatic hydroxyl groups is 1. The molecule has 0 aliphatic rings. The molecule has 4 heteroatoms. The molecule has 0 spiro atoms. The summed E-state index contributed by atoms with van der Waals surface area (Å²) < 4.78 is 14.0. The zero-order valence-corrected chi connectivity index (χ0v) is 12.0. The highest BCUT2D eigenvalue weighted by atomic mass is 19.1. The summed E-state index contributed by atoms with van der Waals surface area (Å²) in [5, 5.41) is 9.30. The van der Waals surface area contributed by atoms with Crippen molar-refractivity contribution in [1.82, 2.24) is 4.90 Å². The number of aliphatic hydroxyl groups excluding tert-OH is 1. The third-order valence-electron chi connectivity index (χ3n) is 3.54. The molecule has 3 nitrogen and oxygen atoms in total. The van der Waals surface area contributed by atoms with E-state index in [0.29, 0.717) is 25.2 Å². The average Bonchev–Trinajstić information content (AvgIpc) is 2.51. The second-order valence-electron chi connectivity index (χ2n) is 4.95. The Kier molecular flexibility index (Phi) is 5.87. The van der Waals surface area contributed by atoms with Crippen LogP contribution in [0.5, 0.6) is 0 Å². The van der Waals surface area contributed by atoms with Crippen LogP contribution in [0.4, 0.5) is 4.39 Å². The lowest BCUT2D eigenvalue weighted by Crippen LogP contribution is -2.36. The molecule has 0 heterocycles. The van der Waals surface area contributed by atoms with Gasteiger partial charge in [-0.05, 0) is 11.6 Å². The summed E-state index contributed by atoms with van der Waals surface area (Å²) in [6.07, 6.45) is 0. The lowest BCUT2D eigenvalue weighted by Gasteiger charge is -2.31. The summed E-state index contributed by atoms with van der Waals surface area (Å²) in [5.74, 6) is -0.260. The highest BCUT2D eigenvalue weighted by Crippen LogP contribution is 2.24. The van der Waals surface area contributed by atoms with Crippen LogP contribution in [0.15, 0.2) is 54.6 Å². The first kappa shape index (κ1) is 15.6. The topological polar surface area (TPSA) is 49.5 Å². The van der Waals surface area contributed by atoms with E-state index in [1.807, 2.05) is 35.2 Å². The van der Waals surface area contributed by atoms with Crippen LogP contribution < -0.4 is 5.73 Å². The minimum Gasteiger partial charge on any atom is -0.395 e. The Bertz CT molecular complexity index is 547. The molecule has 1 unspecified atom stereocenters. The number of nitrogens with two attached hydrogens (primary N) is 1. The largest absolute Gasteiger partial charge is 0.395 e. The molecule has 21 heavy (non-hydrogen) atoms. The predicted molar refractivity (Wildman–Crippen MR) is 82.1 cm³/mol. The molecule has 112 valence electrons. The summed E-state index contributed by atoms with van der Waals surface area (Å²) in [6, 6.07) is 16.3. The Morgan fingerprint density at radius 2 is 1.71 bits per heavy atom. The molecule has 0 saturated heterocycles. The van der Waals surface area contributed by atoms with E-state index < -0.39 is 0 Å². The Hall–Kier alpha value is -1.75. The van der Waals surface area contributed by atoms with Crippen molar-refractivity contribution in [3.8, 4) is 0 Å². The van der Waals surface area contributed by atoms with Crippen LogP contribution in [-0.4, -0.2) is 29.7 Å². The summed E-state index contributed by atoms with van der Waals surface area (Å²) in [4.78, 5) is 2.01. The van der Waals surface area contributed by atoms with E-state index in [9.17, 15) is 9.50 Å². The maximum absolute atomic E-state index is 14.0. The fourth-order valence-corrected chi connectivity index (χ4v) is 2.51. The number of halogens is 1. The highest BCUT2D eigenvalue weighted by Gasteiger charge is 2.21. The first-order chi connectivity index (χ1) is 10.3. The van der Waals surface area contributed by atoms with Crippen molar-refractivity contribution in [3.63, 3.8) is 0 Å². The van der Waals surface area contributed by atoms with Crippen molar-refractivity contribution in [1.29, 1.82) is 0 Å². The third kappa shape index (κ3) is 4.11. The second-order valence-corrected chi connectivity index (χ2v) is 4.95. The molecule has 2 aromatic carbocycles. The molecule has 2 rings (SSSR count). The Morgan fingerprint density at radius 3 is 2.33 bits per heavy atom. The number of rotatable bonds is 7. The molecular formula is C17H21FN2O. The molecule has 0 saturated carbocycles. The molecule has 1 atom stereocenters. The van der Waals surface area contributed by atoms with Gasteiger partial charge in [0, 0.05) is 25.2 Å². The van der Waals surface area contributed by atoms with Crippen molar-refractivity contribution in [2.45, 2.75) is 12.6 Å². The van der Waals surface area contributed by atoms with E-state index in [0.717, 1.165) is 5.56 Å². The van der Waals surface area contributed by atoms with Crippen molar-refractivity contribution >= 4 is 0 Å². The number of hydrogen-bond donors (Lipinski definition) is 2. The molecule has 0 aliphatic carbocycles. The second kappa shape index (κ2) is 7.88. The molecule has 3 N–H and O–H groups in total. The van der Waals surface area contributed by atoms with Crippen molar-refractivity contribution in [2.24, 2.45) is 5.73 Å². The average molecular weight is 288 g/mol. The van der Waals surface area contributed by atoms with E-state index in [1.165, 1.54) is 6.07 Å². The van der Waals surface area contributed by atoms with Crippen molar-refractivity contribution in [2.75, 3.05) is 19.7 Å². The van der Waals surface area contributed by atoms with E-state index in [2.05, 4.69) is 0 Å². The van der Waals surface area contributed by atoms with Gasteiger partial charge in [0.15, 0.2) is 0 Å². The smallest absolute Gasteiger partial charge is 0.128 e. The van der Waals surface area contributed by atoms with Crippen LogP contribution >= 0.6 is 0 Å². The molecule has 0 aliphatic heterocycles. The van der Waals surface area contributed by atoms with Crippen molar-refractivity contribution in [3.05, 3.63) is 71.5 Å². The molecule has 0 radical (unpaired) electrons. The van der Waals surface area contributed by atoms with Gasteiger partial charge in [-0.2, -0.15) is 0 Å². The van der Waals surface area contributed by atoms with Gasteiger partial charge in [-0.3, -0.25) is 4.90 Å². The monoisotopic (exact) mass is 288 g/mol. The van der Waals surface area contributed by atoms with Crippen LogP contribution in [0, 0.1) is 5.82 Å². The molecule has 0 aromatic heterocycles. The van der Waals surface area contributed by atoms with Crippen LogP contribution in [0.1, 0.15) is 17.2 Å². The van der Waals surface area contributed by atoms with Crippen LogP contribution in [0.25, 0.3) is 0 Å². The maximum Gasteiger partial charge on any atom is 0.128 e. The minimum atomic E-state index is -0.260. The fraction of sp³-hybridized carbons (Fsp3) is 0.294. The van der Waals surface area contributed by atoms with E-state index in [1.54, 1.807) is 18.2 Å². The van der Waals surface area contributed by atoms with Gasteiger partial charge in [0.2, 0.25) is 0 Å². The zero-order chi connectivity index (χ0) is 15.1. The van der Waals surface area contributed by atoms with Gasteiger partial charge < -0.3 is 10.8 Å². The molecule has 2 aromatic rings. The van der Waals surface area contributed by atoms with Gasteiger partial charge in [-0.1, -0.05) is 48.5 Å². The first-order valence-corrected chi connectivity index (χ1v) is 7.09. The van der Waals surface area contributed by atoms with E-state index in [-0.39, 0.29) is 18.5 Å². The molecule has 0 bridgehead atoms. The van der Waals surface area contributed by atoms with Crippen molar-refractivity contribution < 1.29 is 9.50 Å². The van der Waals surface area contributed by atoms with Gasteiger partial charge in [0.05, 0.1) is 12.6 Å². The Balaban J connectivity index is 2.24. The van der Waals surface area contributed by atoms with Crippen LogP contribution in [-0.2, 0) is 6.54 Å². The zero-order valence-electron chi connectivity index (χ0n) is 12.0. The molecule has 0 fully saturated rings. The number of hydrogen-bond acceptors (Lipinski definition) is 3. The van der Waals surface area contributed by atoms with Gasteiger partial charge >= 0.3 is 0 Å². The van der Waals surface area contributed by atoms with Gasteiger partial charge in [-0.25, -0.2) is 4.39 Å². The van der Waals surface area contributed by atoms with Gasteiger partial charge in [0.1, 0.15) is 5.82 Å². The maximum atomic E-state index is 14.0. The number of nitrogens with zero attached hydrogens (tertiary/aromatic N) is 1. The van der Waals surface area contributed by atoms with Crippen LogP contribution in [0.3, 0.4) is 0 Å². The first-order valence-electron chi connectivity index (χ1n) is 7.09. The molecule has 0 amide bonds. The number of benzene rings is 2.